The molecule has 0 unspecified atom stereocenters. The number of rotatable bonds is 4. The largest absolute Gasteiger partial charge is 0.378 e. The van der Waals surface area contributed by atoms with Gasteiger partial charge in [0.25, 0.3) is 0 Å². The molecule has 1 aliphatic rings. The fourth-order valence-corrected chi connectivity index (χ4v) is 5.25. The first kappa shape index (κ1) is 20.8. The summed E-state index contributed by atoms with van der Waals surface area (Å²) in [6.07, 6.45) is 3.21. The van der Waals surface area contributed by atoms with Gasteiger partial charge in [-0.1, -0.05) is 23.2 Å². The minimum atomic E-state index is 0.376. The quantitative estimate of drug-likeness (QED) is 0.436. The van der Waals surface area contributed by atoms with Crippen LogP contribution in [0.4, 0.5) is 17.5 Å². The van der Waals surface area contributed by atoms with Crippen molar-refractivity contribution in [3.8, 4) is 16.6 Å². The number of aromatic nitrogens is 4. The summed E-state index contributed by atoms with van der Waals surface area (Å²) >= 11 is 14.2. The van der Waals surface area contributed by atoms with Gasteiger partial charge in [-0.05, 0) is 18.2 Å². The predicted octanol–water partition coefficient (Wildman–Crippen LogP) is 4.91. The van der Waals surface area contributed by atoms with Gasteiger partial charge in [0.2, 0.25) is 0 Å². The molecule has 0 bridgehead atoms. The maximum Gasteiger partial charge on any atom is 0.151 e. The SMILES string of the molecule is N#Cc1cc(Cl)c(-c2nc3ccnc(Nc4cc(N5CCOCC5)ncn4)c3s2)c(Cl)c1. The zero-order chi connectivity index (χ0) is 22.1. The Bertz CT molecular complexity index is 1320. The molecule has 11 heteroatoms. The molecule has 1 N–H and O–H groups in total. The first-order valence-electron chi connectivity index (χ1n) is 9.69. The summed E-state index contributed by atoms with van der Waals surface area (Å²) < 4.78 is 6.25. The smallest absolute Gasteiger partial charge is 0.151 e. The van der Waals surface area contributed by atoms with Crippen LogP contribution in [-0.4, -0.2) is 46.2 Å². The fourth-order valence-electron chi connectivity index (χ4n) is 3.40. The van der Waals surface area contributed by atoms with Gasteiger partial charge in [0, 0.05) is 30.9 Å². The summed E-state index contributed by atoms with van der Waals surface area (Å²) in [6, 6.07) is 8.93. The first-order chi connectivity index (χ1) is 15.6. The Morgan fingerprint density at radius 2 is 1.88 bits per heavy atom. The van der Waals surface area contributed by atoms with Gasteiger partial charge < -0.3 is 15.0 Å². The van der Waals surface area contributed by atoms with Crippen LogP contribution in [0.3, 0.4) is 0 Å². The van der Waals surface area contributed by atoms with Gasteiger partial charge in [-0.25, -0.2) is 19.9 Å². The molecule has 1 aliphatic heterocycles. The van der Waals surface area contributed by atoms with Gasteiger partial charge in [0.1, 0.15) is 23.0 Å². The van der Waals surface area contributed by atoms with E-state index < -0.39 is 0 Å². The van der Waals surface area contributed by atoms with Gasteiger partial charge >= 0.3 is 0 Å². The Kier molecular flexibility index (Phi) is 5.76. The molecule has 160 valence electrons. The number of hydrogen-bond acceptors (Lipinski definition) is 9. The van der Waals surface area contributed by atoms with Crippen LogP contribution in [0.15, 0.2) is 36.8 Å². The third kappa shape index (κ3) is 4.06. The van der Waals surface area contributed by atoms with Gasteiger partial charge in [0.05, 0.1) is 45.1 Å². The molecule has 5 rings (SSSR count). The molecule has 3 aromatic heterocycles. The van der Waals surface area contributed by atoms with E-state index in [4.69, 9.17) is 33.2 Å². The average molecular weight is 484 g/mol. The number of morpholine rings is 1. The van der Waals surface area contributed by atoms with E-state index in [9.17, 15) is 0 Å². The minimum absolute atomic E-state index is 0.376. The summed E-state index contributed by atoms with van der Waals surface area (Å²) in [7, 11) is 0. The van der Waals surface area contributed by atoms with E-state index in [0.717, 1.165) is 29.1 Å². The lowest BCUT2D eigenvalue weighted by molar-refractivity contribution is 0.122. The second kappa shape index (κ2) is 8.84. The third-order valence-corrected chi connectivity index (χ3v) is 6.62. The summed E-state index contributed by atoms with van der Waals surface area (Å²) in [5.74, 6) is 2.09. The molecule has 0 saturated carbocycles. The van der Waals surface area contributed by atoms with E-state index in [1.54, 1.807) is 18.3 Å². The highest BCUT2D eigenvalue weighted by atomic mass is 35.5. The molecule has 32 heavy (non-hydrogen) atoms. The van der Waals surface area contributed by atoms with Crippen LogP contribution in [0.5, 0.6) is 0 Å². The molecular formula is C21H15Cl2N7OS. The molecular weight excluding hydrogens is 469 g/mol. The molecule has 1 saturated heterocycles. The Morgan fingerprint density at radius 3 is 2.62 bits per heavy atom. The maximum absolute atomic E-state index is 9.13. The minimum Gasteiger partial charge on any atom is -0.378 e. The van der Waals surface area contributed by atoms with Gasteiger partial charge in [-0.3, -0.25) is 0 Å². The monoisotopic (exact) mass is 483 g/mol. The van der Waals surface area contributed by atoms with Crippen LogP contribution < -0.4 is 10.2 Å². The second-order valence-corrected chi connectivity index (χ2v) is 8.75. The molecule has 0 amide bonds. The van der Waals surface area contributed by atoms with Crippen molar-refractivity contribution >= 4 is 62.2 Å². The number of pyridine rings is 1. The van der Waals surface area contributed by atoms with Crippen LogP contribution in [0.2, 0.25) is 10.0 Å². The van der Waals surface area contributed by atoms with Crippen molar-refractivity contribution in [3.05, 3.63) is 52.4 Å². The van der Waals surface area contributed by atoms with Crippen molar-refractivity contribution in [2.75, 3.05) is 36.5 Å². The molecule has 8 nitrogen and oxygen atoms in total. The standard InChI is InChI=1S/C21H15Cl2N7OS/c22-13-7-12(10-24)8-14(23)18(13)21-28-15-1-2-25-20(19(15)32-21)29-16-9-17(27-11-26-16)30-3-5-31-6-4-30/h1-2,7-9,11H,3-6H2,(H,25,26,27,29). The number of ether oxygens (including phenoxy) is 1. The van der Waals surface area contributed by atoms with Crippen LogP contribution in [-0.2, 0) is 4.74 Å². The normalized spacial score (nSPS) is 13.8. The number of benzene rings is 1. The van der Waals surface area contributed by atoms with Crippen LogP contribution in [0.25, 0.3) is 20.8 Å². The Morgan fingerprint density at radius 1 is 1.09 bits per heavy atom. The summed E-state index contributed by atoms with van der Waals surface area (Å²) in [5.41, 5.74) is 1.74. The number of nitrogens with one attached hydrogen (secondary N) is 1. The van der Waals surface area contributed by atoms with Crippen LogP contribution in [0, 0.1) is 11.3 Å². The highest BCUT2D eigenvalue weighted by Crippen LogP contribution is 2.41. The zero-order valence-corrected chi connectivity index (χ0v) is 18.9. The maximum atomic E-state index is 9.13. The summed E-state index contributed by atoms with van der Waals surface area (Å²) in [6.45, 7) is 2.93. The topological polar surface area (TPSA) is 99.9 Å². The van der Waals surface area contributed by atoms with Crippen LogP contribution >= 0.6 is 34.5 Å². The molecule has 4 aromatic rings. The summed E-state index contributed by atoms with van der Waals surface area (Å²) in [5, 5.41) is 13.8. The molecule has 0 radical (unpaired) electrons. The highest BCUT2D eigenvalue weighted by Gasteiger charge is 2.18. The van der Waals surface area contributed by atoms with Crippen molar-refractivity contribution in [1.29, 1.82) is 5.26 Å². The Hall–Kier alpha value is -3.03. The highest BCUT2D eigenvalue weighted by molar-refractivity contribution is 7.22. The van der Waals surface area contributed by atoms with Gasteiger partial charge in [0.15, 0.2) is 5.82 Å². The third-order valence-electron chi connectivity index (χ3n) is 4.92. The van der Waals surface area contributed by atoms with Gasteiger partial charge in [-0.15, -0.1) is 11.3 Å². The van der Waals surface area contributed by atoms with Crippen molar-refractivity contribution in [2.24, 2.45) is 0 Å². The van der Waals surface area contributed by atoms with Crippen molar-refractivity contribution < 1.29 is 4.74 Å². The Labute approximate surface area is 197 Å². The number of thiazole rings is 1. The number of halogens is 2. The van der Waals surface area contributed by atoms with Crippen molar-refractivity contribution in [1.82, 2.24) is 19.9 Å². The molecule has 1 fully saturated rings. The van der Waals surface area contributed by atoms with E-state index in [0.29, 0.717) is 51.0 Å². The van der Waals surface area contributed by atoms with Crippen molar-refractivity contribution in [3.63, 3.8) is 0 Å². The number of nitrogens with zero attached hydrogens (tertiary/aromatic N) is 6. The number of fused-ring (bicyclic) bond motifs is 1. The molecule has 0 atom stereocenters. The lowest BCUT2D eigenvalue weighted by Gasteiger charge is -2.27. The number of hydrogen-bond donors (Lipinski definition) is 1. The second-order valence-electron chi connectivity index (χ2n) is 6.94. The van der Waals surface area contributed by atoms with E-state index in [1.807, 2.05) is 12.1 Å². The lowest BCUT2D eigenvalue weighted by atomic mass is 10.1. The average Bonchev–Trinajstić information content (AvgIpc) is 3.24. The van der Waals surface area contributed by atoms with Gasteiger partial charge in [-0.2, -0.15) is 5.26 Å². The fraction of sp³-hybridized carbons (Fsp3) is 0.190. The number of nitriles is 1. The molecule has 0 spiro atoms. The first-order valence-corrected chi connectivity index (χ1v) is 11.3. The zero-order valence-electron chi connectivity index (χ0n) is 16.5. The Balaban J connectivity index is 1.49. The summed E-state index contributed by atoms with van der Waals surface area (Å²) in [4.78, 5) is 20.0. The van der Waals surface area contributed by atoms with E-state index in [1.165, 1.54) is 17.7 Å². The lowest BCUT2D eigenvalue weighted by Crippen LogP contribution is -2.36. The predicted molar refractivity (Wildman–Crippen MR) is 126 cm³/mol. The molecule has 4 heterocycles. The van der Waals surface area contributed by atoms with E-state index in [-0.39, 0.29) is 0 Å². The number of anilines is 3. The van der Waals surface area contributed by atoms with Crippen molar-refractivity contribution in [2.45, 2.75) is 0 Å². The van der Waals surface area contributed by atoms with E-state index >= 15 is 0 Å². The van der Waals surface area contributed by atoms with E-state index in [2.05, 4.69) is 36.2 Å². The molecule has 0 aliphatic carbocycles. The molecule has 1 aromatic carbocycles. The van der Waals surface area contributed by atoms with Crippen LogP contribution in [0.1, 0.15) is 5.56 Å².